The molecule has 11 heteroatoms. The zero-order valence-electron chi connectivity index (χ0n) is 16.3. The number of fused-ring (bicyclic) bond motifs is 1. The van der Waals surface area contributed by atoms with Gasteiger partial charge in [-0.3, -0.25) is 9.97 Å². The molecule has 0 N–H and O–H groups in total. The van der Waals surface area contributed by atoms with Crippen molar-refractivity contribution in [3.63, 3.8) is 0 Å². The maximum Gasteiger partial charge on any atom is 0.455 e. The summed E-state index contributed by atoms with van der Waals surface area (Å²) in [5, 5.41) is 0.343. The van der Waals surface area contributed by atoms with E-state index in [1.165, 1.54) is 19.1 Å². The highest BCUT2D eigenvalue weighted by Crippen LogP contribution is 2.42. The van der Waals surface area contributed by atoms with Crippen LogP contribution in [0.3, 0.4) is 0 Å². The Bertz CT molecular complexity index is 1250. The van der Waals surface area contributed by atoms with Crippen molar-refractivity contribution < 1.29 is 30.4 Å². The lowest BCUT2D eigenvalue weighted by Gasteiger charge is -2.20. The number of pyridine rings is 2. The summed E-state index contributed by atoms with van der Waals surface area (Å²) in [5.41, 5.74) is 1.23. The van der Waals surface area contributed by atoms with Gasteiger partial charge in [0.05, 0.1) is 34.6 Å². The molecule has 3 heterocycles. The summed E-state index contributed by atoms with van der Waals surface area (Å²) in [7, 11) is -3.63. The maximum atomic E-state index is 13.5. The van der Waals surface area contributed by atoms with Gasteiger partial charge in [-0.05, 0) is 42.5 Å². The minimum Gasteiger partial charge on any atom is -0.340 e. The second-order valence-corrected chi connectivity index (χ2v) is 9.81. The Morgan fingerprint density at radius 2 is 1.81 bits per heavy atom. The van der Waals surface area contributed by atoms with Crippen LogP contribution in [0.5, 0.6) is 0 Å². The number of aromatic nitrogens is 3. The molecular weight excluding hydrogens is 441 g/mol. The van der Waals surface area contributed by atoms with E-state index < -0.39 is 28.5 Å². The number of halogens is 5. The molecule has 0 aromatic carbocycles. The summed E-state index contributed by atoms with van der Waals surface area (Å²) < 4.78 is 90.6. The van der Waals surface area contributed by atoms with Crippen LogP contribution in [0.15, 0.2) is 41.7 Å². The minimum absolute atomic E-state index is 0.0364. The molecule has 0 saturated heterocycles. The van der Waals surface area contributed by atoms with Gasteiger partial charge in [-0.2, -0.15) is 22.0 Å². The van der Waals surface area contributed by atoms with Gasteiger partial charge in [0, 0.05) is 17.8 Å². The van der Waals surface area contributed by atoms with Gasteiger partial charge < -0.3 is 4.57 Å². The third-order valence-electron chi connectivity index (χ3n) is 5.32. The summed E-state index contributed by atoms with van der Waals surface area (Å²) in [6, 6.07) is 4.41. The molecule has 0 radical (unpaired) electrons. The predicted octanol–water partition coefficient (Wildman–Crippen LogP) is 4.97. The molecule has 1 saturated carbocycles. The van der Waals surface area contributed by atoms with Crippen LogP contribution >= 0.6 is 0 Å². The van der Waals surface area contributed by atoms with E-state index in [-0.39, 0.29) is 33.5 Å². The van der Waals surface area contributed by atoms with Crippen molar-refractivity contribution >= 4 is 20.7 Å². The van der Waals surface area contributed by atoms with E-state index in [0.29, 0.717) is 5.39 Å². The van der Waals surface area contributed by atoms with Crippen molar-refractivity contribution in [1.29, 1.82) is 0 Å². The van der Waals surface area contributed by atoms with Gasteiger partial charge in [0.2, 0.25) is 0 Å². The van der Waals surface area contributed by atoms with Crippen LogP contribution in [0, 0.1) is 0 Å². The molecule has 4 rings (SSSR count). The molecule has 0 aliphatic heterocycles. The molecule has 5 nitrogen and oxygen atoms in total. The summed E-state index contributed by atoms with van der Waals surface area (Å²) in [5.74, 6) is -4.76. The third-order valence-corrected chi connectivity index (χ3v) is 7.06. The largest absolute Gasteiger partial charge is 0.455 e. The summed E-state index contributed by atoms with van der Waals surface area (Å²) >= 11 is 0. The van der Waals surface area contributed by atoms with Crippen LogP contribution in [-0.2, 0) is 16.4 Å². The van der Waals surface area contributed by atoms with Gasteiger partial charge in [0.1, 0.15) is 5.69 Å². The number of sulfone groups is 1. The van der Waals surface area contributed by atoms with E-state index in [2.05, 4.69) is 9.97 Å². The molecule has 0 atom stereocenters. The van der Waals surface area contributed by atoms with E-state index in [4.69, 9.17) is 0 Å². The summed E-state index contributed by atoms with van der Waals surface area (Å²) in [6.07, 6.45) is 0.120. The number of hydrogen-bond donors (Lipinski definition) is 0. The second kappa shape index (κ2) is 7.25. The maximum absolute atomic E-state index is 13.5. The SMILES string of the molecule is CCS(=O)(=O)c1cc(C2CC2)cnc1-c1cc2ccn(CC(F)(F)C(F)(F)F)c2cn1. The Kier molecular flexibility index (Phi) is 5.07. The topological polar surface area (TPSA) is 64.8 Å². The molecule has 1 fully saturated rings. The molecule has 1 aliphatic rings. The average molecular weight is 459 g/mol. The molecule has 0 bridgehead atoms. The van der Waals surface area contributed by atoms with Gasteiger partial charge in [0.25, 0.3) is 0 Å². The lowest BCUT2D eigenvalue weighted by molar-refractivity contribution is -0.286. The minimum atomic E-state index is -5.67. The third kappa shape index (κ3) is 4.02. The van der Waals surface area contributed by atoms with Crippen molar-refractivity contribution in [3.8, 4) is 11.4 Å². The highest BCUT2D eigenvalue weighted by molar-refractivity contribution is 7.91. The second-order valence-electron chi connectivity index (χ2n) is 7.57. The lowest BCUT2D eigenvalue weighted by atomic mass is 10.1. The molecule has 1 aliphatic carbocycles. The van der Waals surface area contributed by atoms with Crippen molar-refractivity contribution in [1.82, 2.24) is 14.5 Å². The zero-order valence-corrected chi connectivity index (χ0v) is 17.1. The van der Waals surface area contributed by atoms with Gasteiger partial charge in [0.15, 0.2) is 9.84 Å². The first-order chi connectivity index (χ1) is 14.4. The fourth-order valence-corrected chi connectivity index (χ4v) is 4.42. The molecule has 31 heavy (non-hydrogen) atoms. The van der Waals surface area contributed by atoms with Gasteiger partial charge in [-0.15, -0.1) is 0 Å². The average Bonchev–Trinajstić information content (AvgIpc) is 3.49. The van der Waals surface area contributed by atoms with Crippen molar-refractivity contribution in [3.05, 3.63) is 42.4 Å². The molecule has 3 aromatic heterocycles. The molecule has 0 unspecified atom stereocenters. The number of rotatable bonds is 6. The van der Waals surface area contributed by atoms with Crippen molar-refractivity contribution in [2.75, 3.05) is 5.75 Å². The Labute approximate surface area is 174 Å². The normalized spacial score (nSPS) is 15.5. The molecular formula is C20H18F5N3O2S. The first-order valence-corrected chi connectivity index (χ1v) is 11.2. The molecule has 0 amide bonds. The van der Waals surface area contributed by atoms with E-state index in [1.54, 1.807) is 12.3 Å². The van der Waals surface area contributed by atoms with Crippen molar-refractivity contribution in [2.45, 2.75) is 49.2 Å². The van der Waals surface area contributed by atoms with Crippen LogP contribution in [0.4, 0.5) is 22.0 Å². The van der Waals surface area contributed by atoms with Gasteiger partial charge in [-0.1, -0.05) is 6.92 Å². The number of hydrogen-bond acceptors (Lipinski definition) is 4. The fourth-order valence-electron chi connectivity index (χ4n) is 3.34. The van der Waals surface area contributed by atoms with Crippen molar-refractivity contribution in [2.24, 2.45) is 0 Å². The standard InChI is InChI=1S/C20H18F5N3O2S/c1-2-31(29,30)17-8-14(12-3-4-12)9-27-18(17)15-7-13-5-6-28(16(13)10-26-15)11-19(21,22)20(23,24)25/h5-10,12H,2-4,11H2,1H3. The molecule has 0 spiro atoms. The first kappa shape index (κ1) is 21.7. The quantitative estimate of drug-likeness (QED) is 0.489. The smallest absolute Gasteiger partial charge is 0.340 e. The Hall–Kier alpha value is -2.56. The monoisotopic (exact) mass is 459 g/mol. The highest BCUT2D eigenvalue weighted by atomic mass is 32.2. The van der Waals surface area contributed by atoms with Crippen LogP contribution < -0.4 is 0 Å². The Balaban J connectivity index is 1.76. The van der Waals surface area contributed by atoms with Crippen LogP contribution in [-0.4, -0.2) is 40.8 Å². The fraction of sp³-hybridized carbons (Fsp3) is 0.400. The van der Waals surface area contributed by atoms with E-state index >= 15 is 0 Å². The molecule has 166 valence electrons. The number of alkyl halides is 5. The van der Waals surface area contributed by atoms with E-state index in [1.807, 2.05) is 0 Å². The summed E-state index contributed by atoms with van der Waals surface area (Å²) in [6.45, 7) is -0.0642. The summed E-state index contributed by atoms with van der Waals surface area (Å²) in [4.78, 5) is 8.48. The predicted molar refractivity (Wildman–Crippen MR) is 104 cm³/mol. The number of nitrogens with zero attached hydrogens (tertiary/aromatic N) is 3. The Morgan fingerprint density at radius 1 is 1.10 bits per heavy atom. The van der Waals surface area contributed by atoms with Crippen LogP contribution in [0.1, 0.15) is 31.2 Å². The van der Waals surface area contributed by atoms with Crippen LogP contribution in [0.2, 0.25) is 0 Å². The molecule has 3 aromatic rings. The Morgan fingerprint density at radius 3 is 2.42 bits per heavy atom. The lowest BCUT2D eigenvalue weighted by Crippen LogP contribution is -2.40. The van der Waals surface area contributed by atoms with E-state index in [0.717, 1.165) is 35.4 Å². The first-order valence-electron chi connectivity index (χ1n) is 9.55. The van der Waals surface area contributed by atoms with Crippen LogP contribution in [0.25, 0.3) is 22.3 Å². The van der Waals surface area contributed by atoms with E-state index in [9.17, 15) is 30.4 Å². The van der Waals surface area contributed by atoms with Gasteiger partial charge in [-0.25, -0.2) is 8.42 Å². The van der Waals surface area contributed by atoms with Gasteiger partial charge >= 0.3 is 12.1 Å². The highest BCUT2D eigenvalue weighted by Gasteiger charge is 2.57. The zero-order chi connectivity index (χ0) is 22.6.